The van der Waals surface area contributed by atoms with Crippen LogP contribution in [0.2, 0.25) is 0 Å². The van der Waals surface area contributed by atoms with Crippen LogP contribution in [-0.4, -0.2) is 30.1 Å². The van der Waals surface area contributed by atoms with Crippen LogP contribution in [0.4, 0.5) is 10.1 Å². The van der Waals surface area contributed by atoms with Crippen molar-refractivity contribution in [2.24, 2.45) is 5.92 Å². The first kappa shape index (κ1) is 15.4. The highest BCUT2D eigenvalue weighted by molar-refractivity contribution is 7.89. The van der Waals surface area contributed by atoms with E-state index in [1.807, 2.05) is 6.92 Å². The molecule has 2 rings (SSSR count). The lowest BCUT2D eigenvalue weighted by Gasteiger charge is -2.16. The van der Waals surface area contributed by atoms with Gasteiger partial charge in [-0.3, -0.25) is 14.9 Å². The first-order valence-corrected chi connectivity index (χ1v) is 7.71. The number of hydrogen-bond acceptors (Lipinski definition) is 5. The molecule has 1 unspecified atom stereocenters. The molecule has 21 heavy (non-hydrogen) atoms. The van der Waals surface area contributed by atoms with Crippen molar-refractivity contribution >= 4 is 21.6 Å². The Kier molecular flexibility index (Phi) is 3.95. The number of nitrogens with zero attached hydrogens (tertiary/aromatic N) is 2. The molecule has 1 aromatic rings. The molecule has 0 N–H and O–H groups in total. The molecule has 0 aromatic heterocycles. The first-order valence-electron chi connectivity index (χ1n) is 6.27. The number of rotatable bonds is 4. The van der Waals surface area contributed by atoms with Crippen LogP contribution < -0.4 is 0 Å². The van der Waals surface area contributed by atoms with Crippen LogP contribution in [0.1, 0.15) is 19.8 Å². The lowest BCUT2D eigenvalue weighted by Crippen LogP contribution is -2.32. The zero-order valence-corrected chi connectivity index (χ0v) is 12.0. The third-order valence-corrected chi connectivity index (χ3v) is 5.23. The normalized spacial score (nSPS) is 19.0. The second-order valence-electron chi connectivity index (χ2n) is 4.78. The smallest absolute Gasteiger partial charge is 0.274 e. The number of nitro benzene ring substituents is 1. The van der Waals surface area contributed by atoms with Crippen LogP contribution in [0.15, 0.2) is 23.1 Å². The molecule has 0 aliphatic carbocycles. The standard InChI is InChI=1S/C12H13FN2O5S/c1-2-8-5-12(16)14(7-8)21(19,20)9-3-4-11(15(17)18)10(13)6-9/h3-4,6,8H,2,5,7H2,1H3. The summed E-state index contributed by atoms with van der Waals surface area (Å²) in [5.41, 5.74) is -0.812. The van der Waals surface area contributed by atoms with Crippen molar-refractivity contribution in [1.82, 2.24) is 4.31 Å². The maximum Gasteiger partial charge on any atom is 0.304 e. The van der Waals surface area contributed by atoms with Gasteiger partial charge in [0.15, 0.2) is 0 Å². The zero-order chi connectivity index (χ0) is 15.8. The van der Waals surface area contributed by atoms with E-state index in [1.54, 1.807) is 0 Å². The lowest BCUT2D eigenvalue weighted by molar-refractivity contribution is -0.387. The number of amides is 1. The van der Waals surface area contributed by atoms with E-state index in [2.05, 4.69) is 0 Å². The van der Waals surface area contributed by atoms with E-state index in [1.165, 1.54) is 0 Å². The van der Waals surface area contributed by atoms with Gasteiger partial charge in [-0.25, -0.2) is 12.7 Å². The molecule has 0 bridgehead atoms. The van der Waals surface area contributed by atoms with Crippen molar-refractivity contribution < 1.29 is 22.5 Å². The Hall–Kier alpha value is -2.03. The monoisotopic (exact) mass is 316 g/mol. The molecular weight excluding hydrogens is 303 g/mol. The van der Waals surface area contributed by atoms with E-state index >= 15 is 0 Å². The van der Waals surface area contributed by atoms with Crippen molar-refractivity contribution in [2.45, 2.75) is 24.7 Å². The molecule has 1 heterocycles. The number of benzene rings is 1. The third kappa shape index (κ3) is 2.73. The van der Waals surface area contributed by atoms with Gasteiger partial charge in [0.05, 0.1) is 9.82 Å². The van der Waals surface area contributed by atoms with Crippen LogP contribution in [0.3, 0.4) is 0 Å². The molecular formula is C12H13FN2O5S. The summed E-state index contributed by atoms with van der Waals surface area (Å²) in [5.74, 6) is -1.85. The number of nitro groups is 1. The second kappa shape index (κ2) is 5.40. The van der Waals surface area contributed by atoms with Gasteiger partial charge in [-0.1, -0.05) is 13.3 Å². The molecule has 1 fully saturated rings. The Morgan fingerprint density at radius 1 is 1.48 bits per heavy atom. The topological polar surface area (TPSA) is 97.6 Å². The van der Waals surface area contributed by atoms with Crippen molar-refractivity contribution in [2.75, 3.05) is 6.54 Å². The van der Waals surface area contributed by atoms with Gasteiger partial charge in [0.2, 0.25) is 11.7 Å². The van der Waals surface area contributed by atoms with E-state index in [4.69, 9.17) is 0 Å². The molecule has 114 valence electrons. The highest BCUT2D eigenvalue weighted by Gasteiger charge is 2.38. The third-order valence-electron chi connectivity index (χ3n) is 3.45. The van der Waals surface area contributed by atoms with Crippen LogP contribution in [0.25, 0.3) is 0 Å². The van der Waals surface area contributed by atoms with Crippen LogP contribution in [0, 0.1) is 21.8 Å². The Bertz CT molecular complexity index is 704. The zero-order valence-electron chi connectivity index (χ0n) is 11.2. The summed E-state index contributed by atoms with van der Waals surface area (Å²) in [6.07, 6.45) is 0.789. The van der Waals surface area contributed by atoms with E-state index in [0.717, 1.165) is 12.1 Å². The highest BCUT2D eigenvalue weighted by Crippen LogP contribution is 2.29. The van der Waals surface area contributed by atoms with E-state index in [-0.39, 0.29) is 18.9 Å². The number of hydrogen-bond donors (Lipinski definition) is 0. The average molecular weight is 316 g/mol. The first-order chi connectivity index (χ1) is 9.77. The second-order valence-corrected chi connectivity index (χ2v) is 6.64. The molecule has 1 aliphatic rings. The molecule has 1 aromatic carbocycles. The van der Waals surface area contributed by atoms with Crippen LogP contribution in [0.5, 0.6) is 0 Å². The van der Waals surface area contributed by atoms with Crippen molar-refractivity contribution in [3.8, 4) is 0 Å². The summed E-state index contributed by atoms with van der Waals surface area (Å²) in [4.78, 5) is 20.9. The van der Waals surface area contributed by atoms with Crippen LogP contribution in [-0.2, 0) is 14.8 Å². The molecule has 1 aliphatic heterocycles. The number of halogens is 1. The predicted molar refractivity (Wildman–Crippen MR) is 70.4 cm³/mol. The number of sulfonamides is 1. The predicted octanol–water partition coefficient (Wildman–Crippen LogP) is 1.68. The summed E-state index contributed by atoms with van der Waals surface area (Å²) in [6.45, 7) is 1.90. The average Bonchev–Trinajstić information content (AvgIpc) is 2.80. The molecule has 0 saturated carbocycles. The van der Waals surface area contributed by atoms with Crippen LogP contribution >= 0.6 is 0 Å². The molecule has 7 nitrogen and oxygen atoms in total. The maximum atomic E-state index is 13.5. The largest absolute Gasteiger partial charge is 0.304 e. The quantitative estimate of drug-likeness (QED) is 0.622. The Morgan fingerprint density at radius 2 is 2.14 bits per heavy atom. The summed E-state index contributed by atoms with van der Waals surface area (Å²) in [6, 6.07) is 2.28. The summed E-state index contributed by atoms with van der Waals surface area (Å²) < 4.78 is 38.9. The SMILES string of the molecule is CCC1CC(=O)N(S(=O)(=O)c2ccc([N+](=O)[O-])c(F)c2)C1. The Labute approximate surface area is 120 Å². The van der Waals surface area contributed by atoms with Gasteiger partial charge in [-0.15, -0.1) is 0 Å². The molecule has 1 atom stereocenters. The molecule has 0 radical (unpaired) electrons. The summed E-state index contributed by atoms with van der Waals surface area (Å²) in [5, 5.41) is 10.5. The van der Waals surface area contributed by atoms with Gasteiger partial charge in [0.1, 0.15) is 0 Å². The minimum absolute atomic E-state index is 0.0519. The van der Waals surface area contributed by atoms with Gasteiger partial charge in [-0.2, -0.15) is 4.39 Å². The highest BCUT2D eigenvalue weighted by atomic mass is 32.2. The van der Waals surface area contributed by atoms with Gasteiger partial charge < -0.3 is 0 Å². The van der Waals surface area contributed by atoms with E-state index in [9.17, 15) is 27.7 Å². The van der Waals surface area contributed by atoms with Gasteiger partial charge in [0, 0.05) is 25.1 Å². The molecule has 1 amide bonds. The Balaban J connectivity index is 2.39. The summed E-state index contributed by atoms with van der Waals surface area (Å²) in [7, 11) is -4.17. The minimum atomic E-state index is -4.17. The molecule has 1 saturated heterocycles. The van der Waals surface area contributed by atoms with Crippen molar-refractivity contribution in [3.05, 3.63) is 34.1 Å². The molecule has 9 heteroatoms. The van der Waals surface area contributed by atoms with Gasteiger partial charge in [0.25, 0.3) is 10.0 Å². The fourth-order valence-electron chi connectivity index (χ4n) is 2.18. The fraction of sp³-hybridized carbons (Fsp3) is 0.417. The summed E-state index contributed by atoms with van der Waals surface area (Å²) >= 11 is 0. The minimum Gasteiger partial charge on any atom is -0.274 e. The van der Waals surface area contributed by atoms with E-state index < -0.39 is 37.3 Å². The molecule has 0 spiro atoms. The number of carbonyl (C=O) groups is 1. The lowest BCUT2D eigenvalue weighted by atomic mass is 10.1. The maximum absolute atomic E-state index is 13.5. The number of carbonyl (C=O) groups excluding carboxylic acids is 1. The van der Waals surface area contributed by atoms with Crippen molar-refractivity contribution in [3.63, 3.8) is 0 Å². The Morgan fingerprint density at radius 3 is 2.62 bits per heavy atom. The van der Waals surface area contributed by atoms with Crippen molar-refractivity contribution in [1.29, 1.82) is 0 Å². The fourth-order valence-corrected chi connectivity index (χ4v) is 3.68. The van der Waals surface area contributed by atoms with Gasteiger partial charge in [-0.05, 0) is 12.0 Å². The van der Waals surface area contributed by atoms with Gasteiger partial charge >= 0.3 is 5.69 Å². The van der Waals surface area contributed by atoms with E-state index in [0.29, 0.717) is 16.8 Å².